The fourth-order valence-corrected chi connectivity index (χ4v) is 4.08. The monoisotopic (exact) mass is 628 g/mol. The summed E-state index contributed by atoms with van der Waals surface area (Å²) in [5, 5.41) is 9.66. The summed E-state index contributed by atoms with van der Waals surface area (Å²) in [4.78, 5) is 30.5. The molecule has 2 heterocycles. The summed E-state index contributed by atoms with van der Waals surface area (Å²) in [5.74, 6) is -2.19. The molecule has 0 aliphatic heterocycles. The second-order valence-corrected chi connectivity index (χ2v) is 9.16. The molecule has 0 saturated carbocycles. The lowest BCUT2D eigenvalue weighted by Gasteiger charge is -2.21. The number of aromatic amines is 1. The number of rotatable bonds is 8. The highest BCUT2D eigenvalue weighted by Crippen LogP contribution is 2.39. The van der Waals surface area contributed by atoms with E-state index < -0.39 is 71.6 Å². The van der Waals surface area contributed by atoms with E-state index in [0.29, 0.717) is 10.6 Å². The molecule has 0 radical (unpaired) electrons. The fraction of sp³-hybridized carbons (Fsp3) is 0.292. The molecule has 18 heteroatoms. The molecule has 0 fully saturated rings. The molecule has 0 amide bonds. The van der Waals surface area contributed by atoms with Crippen LogP contribution in [0.25, 0.3) is 22.6 Å². The van der Waals surface area contributed by atoms with Crippen LogP contribution in [0.3, 0.4) is 0 Å². The van der Waals surface area contributed by atoms with Crippen molar-refractivity contribution in [3.05, 3.63) is 73.9 Å². The van der Waals surface area contributed by atoms with Gasteiger partial charge < -0.3 is 19.1 Å². The van der Waals surface area contributed by atoms with Gasteiger partial charge in [0.25, 0.3) is 12.0 Å². The largest absolute Gasteiger partial charge is 0.573 e. The Kier molecular flexibility index (Phi) is 8.28. The topological polar surface area (TPSA) is 111 Å². The average Bonchev–Trinajstić information content (AvgIpc) is 3.22. The SMILES string of the molecule is Cn1c(-c2ccc(OC(c3ccc(Cl)cc3)C(F)F)c(OC(F)(F)F)c2)nc2c1c(=O)[nH]c(=O)n2CC(O)C(F)(F)F. The summed E-state index contributed by atoms with van der Waals surface area (Å²) < 4.78 is 117. The van der Waals surface area contributed by atoms with Gasteiger partial charge in [-0.15, -0.1) is 13.2 Å². The van der Waals surface area contributed by atoms with Gasteiger partial charge in [-0.2, -0.15) is 13.2 Å². The third-order valence-corrected chi connectivity index (χ3v) is 6.11. The van der Waals surface area contributed by atoms with Gasteiger partial charge in [-0.05, 0) is 35.9 Å². The van der Waals surface area contributed by atoms with E-state index in [1.54, 1.807) is 4.98 Å². The lowest BCUT2D eigenvalue weighted by molar-refractivity contribution is -0.275. The molecule has 4 aromatic rings. The number of alkyl halides is 8. The van der Waals surface area contributed by atoms with Crippen molar-refractivity contribution >= 4 is 22.8 Å². The Morgan fingerprint density at radius 3 is 2.24 bits per heavy atom. The molecule has 2 N–H and O–H groups in total. The maximum absolute atomic E-state index is 13.8. The number of fused-ring (bicyclic) bond motifs is 1. The van der Waals surface area contributed by atoms with Crippen LogP contribution in [0.4, 0.5) is 35.1 Å². The van der Waals surface area contributed by atoms with E-state index in [2.05, 4.69) is 9.72 Å². The number of aliphatic hydroxyl groups is 1. The fourth-order valence-electron chi connectivity index (χ4n) is 3.95. The van der Waals surface area contributed by atoms with Crippen molar-refractivity contribution in [2.75, 3.05) is 0 Å². The number of halogens is 9. The number of nitrogens with one attached hydrogen (secondary N) is 1. The summed E-state index contributed by atoms with van der Waals surface area (Å²) in [5.41, 5.74) is -3.88. The summed E-state index contributed by atoms with van der Waals surface area (Å²) in [7, 11) is 1.18. The van der Waals surface area contributed by atoms with Crippen LogP contribution >= 0.6 is 11.6 Å². The first kappa shape index (κ1) is 30.8. The Bertz CT molecular complexity index is 1710. The van der Waals surface area contributed by atoms with Crippen LogP contribution in [0.15, 0.2) is 52.1 Å². The Morgan fingerprint density at radius 1 is 1.02 bits per heavy atom. The number of imidazole rings is 1. The molecule has 0 spiro atoms. The van der Waals surface area contributed by atoms with Crippen molar-refractivity contribution < 1.29 is 49.7 Å². The standard InChI is InChI=1S/C24H17ClF8N4O5/c1-36-16-20(37(22(40)35-21(16)39)9-15(38)23(28,29)30)34-19(36)11-4-7-13(14(8-11)42-24(31,32)33)41-17(18(26)27)10-2-5-12(25)6-3-10/h2-8,15,17-18,38H,9H2,1H3,(H,35,39,40). The van der Waals surface area contributed by atoms with Crippen LogP contribution in [0, 0.1) is 0 Å². The van der Waals surface area contributed by atoms with E-state index in [9.17, 15) is 49.8 Å². The minimum absolute atomic E-state index is 0.120. The molecule has 226 valence electrons. The molecular formula is C24H17ClF8N4O5. The molecule has 2 aromatic heterocycles. The first-order chi connectivity index (χ1) is 19.5. The minimum Gasteiger partial charge on any atom is -0.476 e. The quantitative estimate of drug-likeness (QED) is 0.267. The Labute approximate surface area is 233 Å². The normalized spacial score (nSPS) is 13.9. The molecule has 42 heavy (non-hydrogen) atoms. The first-order valence-corrected chi connectivity index (χ1v) is 11.9. The van der Waals surface area contributed by atoms with Gasteiger partial charge in [0.05, 0.1) is 6.54 Å². The number of aromatic nitrogens is 4. The lowest BCUT2D eigenvalue weighted by Crippen LogP contribution is -2.39. The van der Waals surface area contributed by atoms with E-state index >= 15 is 0 Å². The highest BCUT2D eigenvalue weighted by molar-refractivity contribution is 6.30. The summed E-state index contributed by atoms with van der Waals surface area (Å²) in [6, 6.07) is 7.51. The molecular weight excluding hydrogens is 612 g/mol. The van der Waals surface area contributed by atoms with Gasteiger partial charge in [-0.3, -0.25) is 14.3 Å². The van der Waals surface area contributed by atoms with Crippen LogP contribution < -0.4 is 20.7 Å². The van der Waals surface area contributed by atoms with E-state index in [1.807, 2.05) is 0 Å². The number of H-pyrrole nitrogens is 1. The van der Waals surface area contributed by atoms with Crippen LogP contribution in [-0.4, -0.2) is 49.3 Å². The Morgan fingerprint density at radius 2 is 1.67 bits per heavy atom. The zero-order valence-electron chi connectivity index (χ0n) is 20.8. The van der Waals surface area contributed by atoms with Crippen LogP contribution in [-0.2, 0) is 13.6 Å². The van der Waals surface area contributed by atoms with Crippen molar-refractivity contribution in [2.45, 2.75) is 37.7 Å². The second-order valence-electron chi connectivity index (χ2n) is 8.73. The third-order valence-electron chi connectivity index (χ3n) is 5.86. The second kappa shape index (κ2) is 11.3. The highest BCUT2D eigenvalue weighted by atomic mass is 35.5. The molecule has 0 bridgehead atoms. The summed E-state index contributed by atoms with van der Waals surface area (Å²) in [6.45, 7) is -1.36. The molecule has 0 aliphatic rings. The molecule has 0 saturated heterocycles. The predicted molar refractivity (Wildman–Crippen MR) is 131 cm³/mol. The zero-order chi connectivity index (χ0) is 31.1. The highest BCUT2D eigenvalue weighted by Gasteiger charge is 2.39. The predicted octanol–water partition coefficient (Wildman–Crippen LogP) is 4.95. The average molecular weight is 629 g/mol. The number of hydrogen-bond donors (Lipinski definition) is 2. The van der Waals surface area contributed by atoms with Crippen LogP contribution in [0.2, 0.25) is 5.02 Å². The van der Waals surface area contributed by atoms with Gasteiger partial charge in [0.2, 0.25) is 0 Å². The number of aliphatic hydroxyl groups excluding tert-OH is 1. The molecule has 2 aromatic carbocycles. The number of hydrogen-bond acceptors (Lipinski definition) is 6. The summed E-state index contributed by atoms with van der Waals surface area (Å²) in [6.07, 6.45) is -18.7. The van der Waals surface area contributed by atoms with Gasteiger partial charge in [-0.25, -0.2) is 18.6 Å². The van der Waals surface area contributed by atoms with Crippen LogP contribution in [0.1, 0.15) is 11.7 Å². The maximum Gasteiger partial charge on any atom is 0.573 e. The van der Waals surface area contributed by atoms with Crippen molar-refractivity contribution in [1.29, 1.82) is 0 Å². The van der Waals surface area contributed by atoms with Crippen molar-refractivity contribution in [1.82, 2.24) is 19.1 Å². The van der Waals surface area contributed by atoms with E-state index in [0.717, 1.165) is 16.7 Å². The van der Waals surface area contributed by atoms with E-state index in [-0.39, 0.29) is 22.0 Å². The van der Waals surface area contributed by atoms with Gasteiger partial charge in [0, 0.05) is 17.6 Å². The van der Waals surface area contributed by atoms with E-state index in [4.69, 9.17) is 16.3 Å². The number of nitrogens with zero attached hydrogens (tertiary/aromatic N) is 3. The maximum atomic E-state index is 13.8. The molecule has 9 nitrogen and oxygen atoms in total. The number of ether oxygens (including phenoxy) is 2. The molecule has 4 rings (SSSR count). The van der Waals surface area contributed by atoms with Crippen molar-refractivity contribution in [2.24, 2.45) is 7.05 Å². The summed E-state index contributed by atoms with van der Waals surface area (Å²) >= 11 is 5.76. The third kappa shape index (κ3) is 6.51. The van der Waals surface area contributed by atoms with Crippen LogP contribution in [0.5, 0.6) is 11.5 Å². The minimum atomic E-state index is -5.32. The molecule has 0 aliphatic carbocycles. The Hall–Kier alpha value is -4.12. The molecule has 2 atom stereocenters. The zero-order valence-corrected chi connectivity index (χ0v) is 21.6. The van der Waals surface area contributed by atoms with Crippen molar-refractivity contribution in [3.63, 3.8) is 0 Å². The molecule has 2 unspecified atom stereocenters. The van der Waals surface area contributed by atoms with Gasteiger partial charge in [-0.1, -0.05) is 23.7 Å². The van der Waals surface area contributed by atoms with Gasteiger partial charge >= 0.3 is 18.2 Å². The van der Waals surface area contributed by atoms with Crippen molar-refractivity contribution in [3.8, 4) is 22.9 Å². The number of aryl methyl sites for hydroxylation is 1. The first-order valence-electron chi connectivity index (χ1n) is 11.5. The van der Waals surface area contributed by atoms with Gasteiger partial charge in [0.1, 0.15) is 5.82 Å². The van der Waals surface area contributed by atoms with Gasteiger partial charge in [0.15, 0.2) is 34.9 Å². The smallest absolute Gasteiger partial charge is 0.476 e. The van der Waals surface area contributed by atoms with E-state index in [1.165, 1.54) is 31.3 Å². The number of benzene rings is 2. The Balaban J connectivity index is 1.84. The lowest BCUT2D eigenvalue weighted by atomic mass is 10.1.